The molecule has 0 aromatic rings. The zero-order valence-corrected chi connectivity index (χ0v) is 41.3. The van der Waals surface area contributed by atoms with Gasteiger partial charge in [-0.15, -0.1) is 0 Å². The topological polar surface area (TPSA) is 320 Å². The van der Waals surface area contributed by atoms with Gasteiger partial charge >= 0.3 is 11.9 Å². The number of allylic oxidation sites excluding steroid dienone is 12. The summed E-state index contributed by atoms with van der Waals surface area (Å²) in [6.45, 7) is 10.1. The van der Waals surface area contributed by atoms with Crippen LogP contribution in [0.25, 0.3) is 10.4 Å². The number of azide groups is 1. The third kappa shape index (κ3) is 20.2. The smallest absolute Gasteiger partial charge is 0.314 e. The predicted octanol–water partition coefficient (Wildman–Crippen LogP) is 3.36. The van der Waals surface area contributed by atoms with E-state index in [9.17, 15) is 55.5 Å². The van der Waals surface area contributed by atoms with Crippen LogP contribution in [0.4, 0.5) is 0 Å². The number of hydrogen-bond donors (Lipinski definition) is 9. The van der Waals surface area contributed by atoms with Crippen LogP contribution in [0.1, 0.15) is 79.1 Å². The van der Waals surface area contributed by atoms with Crippen LogP contribution in [0.2, 0.25) is 0 Å². The van der Waals surface area contributed by atoms with Gasteiger partial charge in [0.15, 0.2) is 12.1 Å². The van der Waals surface area contributed by atoms with Gasteiger partial charge in [-0.3, -0.25) is 9.59 Å². The van der Waals surface area contributed by atoms with Crippen molar-refractivity contribution in [3.05, 3.63) is 108 Å². The predicted molar refractivity (Wildman–Crippen MR) is 260 cm³/mol. The molecule has 20 heteroatoms. The summed E-state index contributed by atoms with van der Waals surface area (Å²) in [5.74, 6) is -5.46. The number of rotatable bonds is 7. The van der Waals surface area contributed by atoms with Crippen LogP contribution in [0.5, 0.6) is 0 Å². The molecule has 3 aliphatic heterocycles. The Morgan fingerprint density at radius 2 is 1.37 bits per heavy atom. The van der Waals surface area contributed by atoms with Gasteiger partial charge in [0.25, 0.3) is 0 Å². The third-order valence-electron chi connectivity index (χ3n) is 12.8. The number of nitrogens with zero attached hydrogens (tertiary/aromatic N) is 3. The second kappa shape index (κ2) is 31.3. The van der Waals surface area contributed by atoms with E-state index in [0.717, 1.165) is 0 Å². The molecular formula is C51H77N3O17. The number of hydrogen-bond acceptors (Lipinski definition) is 18. The number of aliphatic hydroxyl groups is 9. The molecule has 3 heterocycles. The number of cyclic esters (lactones) is 1. The highest BCUT2D eigenvalue weighted by molar-refractivity contribution is 5.74. The summed E-state index contributed by atoms with van der Waals surface area (Å²) in [5, 5.41) is 102. The molecule has 6 unspecified atom stereocenters. The van der Waals surface area contributed by atoms with Crippen molar-refractivity contribution in [2.75, 3.05) is 13.7 Å². The Morgan fingerprint density at radius 3 is 1.96 bits per heavy atom. The lowest BCUT2D eigenvalue weighted by atomic mass is 9.82. The van der Waals surface area contributed by atoms with Crippen molar-refractivity contribution in [3.63, 3.8) is 0 Å². The largest absolute Gasteiger partial charge is 0.462 e. The molecular weight excluding hydrogens is 927 g/mol. The first-order chi connectivity index (χ1) is 33.8. The minimum Gasteiger partial charge on any atom is -0.462 e. The van der Waals surface area contributed by atoms with Gasteiger partial charge in [0.1, 0.15) is 24.7 Å². The van der Waals surface area contributed by atoms with Crippen molar-refractivity contribution in [1.82, 2.24) is 0 Å². The van der Waals surface area contributed by atoms with Gasteiger partial charge < -0.3 is 74.4 Å². The van der Waals surface area contributed by atoms with Crippen LogP contribution in [-0.4, -0.2) is 169 Å². The molecule has 2 bridgehead atoms. The minimum absolute atomic E-state index is 0.0882. The minimum atomic E-state index is -1.79. The average Bonchev–Trinajstić information content (AvgIpc) is 3.31. The van der Waals surface area contributed by atoms with Gasteiger partial charge in [-0.2, -0.15) is 0 Å². The Bertz CT molecular complexity index is 1900. The summed E-state index contributed by atoms with van der Waals surface area (Å²) in [5.41, 5.74) is 9.17. The van der Waals surface area contributed by atoms with Crippen LogP contribution in [-0.2, 0) is 38.0 Å². The average molecular weight is 1000 g/mol. The number of ether oxygens (including phenoxy) is 6. The maximum Gasteiger partial charge on any atom is 0.314 e. The van der Waals surface area contributed by atoms with Gasteiger partial charge in [-0.05, 0) is 38.6 Å². The number of carbonyl (C=O) groups excluding carboxylic acids is 2. The van der Waals surface area contributed by atoms with Crippen LogP contribution in [0, 0.1) is 17.8 Å². The van der Waals surface area contributed by atoms with Gasteiger partial charge in [0.2, 0.25) is 0 Å². The van der Waals surface area contributed by atoms with Gasteiger partial charge in [0.05, 0.1) is 79.6 Å². The molecule has 2 fully saturated rings. The molecule has 0 amide bonds. The van der Waals surface area contributed by atoms with E-state index < -0.39 is 134 Å². The van der Waals surface area contributed by atoms with Crippen molar-refractivity contribution in [2.24, 2.45) is 22.9 Å². The SMILES string of the molecule is C=CCOC(=O)[C@H]1[C@@H]2CC(O[C@@H]3O[C@H](C)[C@@H](O)[C@H](N=[N+]=[N-])C3O)/C=C/C=C/C=C/C=C/C=C/C=C/C=C/[C@H](C)[C@@H](O)[C@@H](C)[C@H](C)OC(=O)C[C@H](O)CC(O)CCC(O)C(O)C[C@H](O)CC(OC)(C[C@@H]1O)O2. The van der Waals surface area contributed by atoms with Crippen LogP contribution in [0.15, 0.2) is 103 Å². The van der Waals surface area contributed by atoms with E-state index in [1.54, 1.807) is 68.5 Å². The quantitative estimate of drug-likeness (QED) is 0.0581. The summed E-state index contributed by atoms with van der Waals surface area (Å²) in [7, 11) is 1.26. The molecule has 0 saturated carbocycles. The Balaban J connectivity index is 1.97. The zero-order valence-electron chi connectivity index (χ0n) is 41.3. The van der Waals surface area contributed by atoms with E-state index in [1.165, 1.54) is 20.1 Å². The molecule has 20 nitrogen and oxygen atoms in total. The highest BCUT2D eigenvalue weighted by Crippen LogP contribution is 2.40. The van der Waals surface area contributed by atoms with E-state index in [4.69, 9.17) is 34.0 Å². The van der Waals surface area contributed by atoms with E-state index in [1.807, 2.05) is 37.3 Å². The summed E-state index contributed by atoms with van der Waals surface area (Å²) >= 11 is 0. The van der Waals surface area contributed by atoms with E-state index in [0.29, 0.717) is 0 Å². The third-order valence-corrected chi connectivity index (χ3v) is 12.8. The lowest BCUT2D eigenvalue weighted by Crippen LogP contribution is -2.58. The lowest BCUT2D eigenvalue weighted by molar-refractivity contribution is -0.317. The summed E-state index contributed by atoms with van der Waals surface area (Å²) < 4.78 is 35.2. The summed E-state index contributed by atoms with van der Waals surface area (Å²) in [6.07, 6.45) is 5.89. The Hall–Kier alpha value is -4.35. The fourth-order valence-electron chi connectivity index (χ4n) is 8.52. The molecule has 398 valence electrons. The molecule has 0 aliphatic carbocycles. The second-order valence-electron chi connectivity index (χ2n) is 18.4. The van der Waals surface area contributed by atoms with E-state index in [2.05, 4.69) is 16.6 Å². The Kier molecular flexibility index (Phi) is 26.9. The molecule has 3 aliphatic rings. The van der Waals surface area contributed by atoms with Crippen molar-refractivity contribution >= 4 is 11.9 Å². The number of aliphatic hydroxyl groups excluding tert-OH is 9. The number of fused-ring (bicyclic) bond motifs is 2. The zero-order chi connectivity index (χ0) is 52.7. The highest BCUT2D eigenvalue weighted by Gasteiger charge is 2.52. The number of esters is 2. The summed E-state index contributed by atoms with van der Waals surface area (Å²) in [6, 6.07) is -1.35. The van der Waals surface area contributed by atoms with Crippen molar-refractivity contribution in [3.8, 4) is 0 Å². The van der Waals surface area contributed by atoms with Crippen molar-refractivity contribution < 1.29 is 84.0 Å². The summed E-state index contributed by atoms with van der Waals surface area (Å²) in [4.78, 5) is 29.0. The maximum absolute atomic E-state index is 13.6. The monoisotopic (exact) mass is 1000 g/mol. The molecule has 0 spiro atoms. The normalized spacial score (nSPS) is 42.4. The van der Waals surface area contributed by atoms with Gasteiger partial charge in [-0.1, -0.05) is 117 Å². The Morgan fingerprint density at radius 1 is 0.761 bits per heavy atom. The van der Waals surface area contributed by atoms with E-state index in [-0.39, 0.29) is 51.0 Å². The molecule has 3 rings (SSSR count). The van der Waals surface area contributed by atoms with Gasteiger partial charge in [0, 0.05) is 49.5 Å². The number of methoxy groups -OCH3 is 1. The molecule has 0 radical (unpaired) electrons. The molecule has 2 saturated heterocycles. The Labute approximate surface area is 416 Å². The van der Waals surface area contributed by atoms with E-state index >= 15 is 0 Å². The molecule has 71 heavy (non-hydrogen) atoms. The fourth-order valence-corrected chi connectivity index (χ4v) is 8.52. The maximum atomic E-state index is 13.6. The molecule has 9 N–H and O–H groups in total. The first-order valence-corrected chi connectivity index (χ1v) is 24.1. The highest BCUT2D eigenvalue weighted by atomic mass is 16.7. The second-order valence-corrected chi connectivity index (χ2v) is 18.4. The molecule has 0 aromatic heterocycles. The molecule has 19 atom stereocenters. The first kappa shape index (κ1) is 61.0. The first-order valence-electron chi connectivity index (χ1n) is 24.1. The lowest BCUT2D eigenvalue weighted by Gasteiger charge is -2.47. The van der Waals surface area contributed by atoms with Crippen LogP contribution in [0.3, 0.4) is 0 Å². The van der Waals surface area contributed by atoms with Crippen molar-refractivity contribution in [2.45, 2.75) is 177 Å². The standard InChI is InChI=1S/C51H77N3O17/c1-7-24-67-49(65)44-41(60)30-51(66-6)29-37(57)26-40(59)39(58)23-22-35(55)25-36(56)27-43(61)68-33(4)32(3)46(62)31(2)20-18-16-14-12-10-8-9-11-13-15-17-19-21-38(28-42(44)71-51)70-50-48(64)45(53-54-52)47(63)34(5)69-50/h7-21,31-42,44-48,50,55-60,62-64H,1,22-30H2,2-6H3/b9-8+,12-10+,13-11+,16-14+,17-15+,20-18+,21-19+/t31-,32-,33-,34+,35?,36+,37-,38?,39?,40?,41-,42-,44+,45-,46+,47+,48?,50-,51?/m0/s1. The van der Waals surface area contributed by atoms with Crippen LogP contribution < -0.4 is 0 Å². The molecule has 0 aromatic carbocycles. The fraction of sp³-hybridized carbons (Fsp3) is 0.647. The van der Waals surface area contributed by atoms with Gasteiger partial charge in [-0.25, -0.2) is 0 Å². The number of carbonyl (C=O) groups is 2. The van der Waals surface area contributed by atoms with Crippen LogP contribution >= 0.6 is 0 Å². The van der Waals surface area contributed by atoms with Crippen molar-refractivity contribution in [1.29, 1.82) is 0 Å².